The van der Waals surface area contributed by atoms with Crippen molar-refractivity contribution in [3.8, 4) is 6.07 Å². The van der Waals surface area contributed by atoms with Crippen molar-refractivity contribution < 1.29 is 4.79 Å². The van der Waals surface area contributed by atoms with Gasteiger partial charge in [0.05, 0.1) is 6.07 Å². The molecule has 0 aliphatic rings. The Balaban J connectivity index is 2.31. The van der Waals surface area contributed by atoms with Gasteiger partial charge >= 0.3 is 0 Å². The molecular formula is C13H12N2O. The summed E-state index contributed by atoms with van der Waals surface area (Å²) in [7, 11) is 0. The molecule has 3 nitrogen and oxygen atoms in total. The quantitative estimate of drug-likeness (QED) is 0.577. The molecule has 0 aliphatic carbocycles. The SMILES string of the molecule is N#CCCCn1ccc2ccc(C=O)cc21. The van der Waals surface area contributed by atoms with Gasteiger partial charge in [-0.2, -0.15) is 5.26 Å². The van der Waals surface area contributed by atoms with Crippen LogP contribution in [0.4, 0.5) is 0 Å². The molecule has 0 fully saturated rings. The number of nitrogens with zero attached hydrogens (tertiary/aromatic N) is 2. The third-order valence-electron chi connectivity index (χ3n) is 2.62. The number of hydrogen-bond donors (Lipinski definition) is 0. The highest BCUT2D eigenvalue weighted by Gasteiger charge is 2.01. The first kappa shape index (κ1) is 10.4. The molecule has 1 aromatic carbocycles. The summed E-state index contributed by atoms with van der Waals surface area (Å²) in [6.45, 7) is 0.819. The standard InChI is InChI=1S/C13H12N2O/c14-6-1-2-7-15-8-5-12-4-3-11(10-16)9-13(12)15/h3-5,8-10H,1-2,7H2. The lowest BCUT2D eigenvalue weighted by Gasteiger charge is -2.03. The van der Waals surface area contributed by atoms with Gasteiger partial charge in [-0.25, -0.2) is 0 Å². The Kier molecular flexibility index (Phi) is 3.02. The fourth-order valence-electron chi connectivity index (χ4n) is 1.80. The summed E-state index contributed by atoms with van der Waals surface area (Å²) in [6.07, 6.45) is 4.25. The van der Waals surface area contributed by atoms with Crippen LogP contribution in [-0.2, 0) is 6.54 Å². The number of carbonyl (C=O) groups excluding carboxylic acids is 1. The Morgan fingerprint density at radius 2 is 2.25 bits per heavy atom. The molecule has 2 rings (SSSR count). The van der Waals surface area contributed by atoms with Gasteiger partial charge in [0.1, 0.15) is 6.29 Å². The zero-order chi connectivity index (χ0) is 11.4. The molecule has 16 heavy (non-hydrogen) atoms. The van der Waals surface area contributed by atoms with Crippen LogP contribution in [0.25, 0.3) is 10.9 Å². The van der Waals surface area contributed by atoms with E-state index >= 15 is 0 Å². The fraction of sp³-hybridized carbons (Fsp3) is 0.231. The van der Waals surface area contributed by atoms with Crippen molar-refractivity contribution in [3.63, 3.8) is 0 Å². The number of rotatable bonds is 4. The maximum Gasteiger partial charge on any atom is 0.150 e. The summed E-state index contributed by atoms with van der Waals surface area (Å²) >= 11 is 0. The van der Waals surface area contributed by atoms with Gasteiger partial charge in [-0.15, -0.1) is 0 Å². The number of fused-ring (bicyclic) bond motifs is 1. The molecule has 0 spiro atoms. The molecule has 0 bridgehead atoms. The van der Waals surface area contributed by atoms with Gasteiger partial charge in [0, 0.05) is 30.2 Å². The van der Waals surface area contributed by atoms with E-state index in [1.807, 2.05) is 30.5 Å². The van der Waals surface area contributed by atoms with Crippen molar-refractivity contribution in [1.82, 2.24) is 4.57 Å². The van der Waals surface area contributed by atoms with Gasteiger partial charge < -0.3 is 4.57 Å². The second kappa shape index (κ2) is 4.63. The van der Waals surface area contributed by atoms with E-state index in [0.717, 1.165) is 30.2 Å². The average molecular weight is 212 g/mol. The number of aryl methyl sites for hydroxylation is 1. The number of nitriles is 1. The molecule has 0 saturated carbocycles. The minimum Gasteiger partial charge on any atom is -0.347 e. The Bertz CT molecular complexity index is 549. The largest absolute Gasteiger partial charge is 0.347 e. The van der Waals surface area contributed by atoms with E-state index < -0.39 is 0 Å². The zero-order valence-corrected chi connectivity index (χ0v) is 8.89. The average Bonchev–Trinajstić information content (AvgIpc) is 2.72. The monoisotopic (exact) mass is 212 g/mol. The molecule has 2 aromatic rings. The molecule has 0 saturated heterocycles. The molecule has 0 radical (unpaired) electrons. The predicted molar refractivity (Wildman–Crippen MR) is 62.2 cm³/mol. The molecule has 1 heterocycles. The van der Waals surface area contributed by atoms with Crippen LogP contribution in [0.15, 0.2) is 30.5 Å². The van der Waals surface area contributed by atoms with Crippen molar-refractivity contribution in [2.45, 2.75) is 19.4 Å². The van der Waals surface area contributed by atoms with E-state index in [-0.39, 0.29) is 0 Å². The van der Waals surface area contributed by atoms with Crippen LogP contribution < -0.4 is 0 Å². The molecule has 3 heteroatoms. The van der Waals surface area contributed by atoms with E-state index in [2.05, 4.69) is 10.6 Å². The Labute approximate surface area is 93.9 Å². The number of aldehydes is 1. The fourth-order valence-corrected chi connectivity index (χ4v) is 1.80. The summed E-state index contributed by atoms with van der Waals surface area (Å²) in [5, 5.41) is 9.61. The summed E-state index contributed by atoms with van der Waals surface area (Å²) in [5.74, 6) is 0. The lowest BCUT2D eigenvalue weighted by molar-refractivity contribution is 0.112. The molecular weight excluding hydrogens is 200 g/mol. The smallest absolute Gasteiger partial charge is 0.150 e. The molecule has 1 aromatic heterocycles. The number of carbonyl (C=O) groups is 1. The number of hydrogen-bond acceptors (Lipinski definition) is 2. The Morgan fingerprint density at radius 1 is 1.38 bits per heavy atom. The van der Waals surface area contributed by atoms with Crippen molar-refractivity contribution in [1.29, 1.82) is 5.26 Å². The molecule has 0 amide bonds. The van der Waals surface area contributed by atoms with Crippen molar-refractivity contribution in [2.24, 2.45) is 0 Å². The van der Waals surface area contributed by atoms with Gasteiger partial charge in [0.25, 0.3) is 0 Å². The first-order chi connectivity index (χ1) is 7.85. The molecule has 0 N–H and O–H groups in total. The maximum atomic E-state index is 10.7. The first-order valence-corrected chi connectivity index (χ1v) is 5.26. The summed E-state index contributed by atoms with van der Waals surface area (Å²) < 4.78 is 2.08. The zero-order valence-electron chi connectivity index (χ0n) is 8.89. The molecule has 0 atom stereocenters. The number of benzene rings is 1. The minimum absolute atomic E-state index is 0.563. The van der Waals surface area contributed by atoms with Gasteiger partial charge in [-0.05, 0) is 23.9 Å². The van der Waals surface area contributed by atoms with Crippen LogP contribution in [0.3, 0.4) is 0 Å². The molecule has 80 valence electrons. The van der Waals surface area contributed by atoms with Crippen molar-refractivity contribution >= 4 is 17.2 Å². The number of unbranched alkanes of at least 4 members (excludes halogenated alkanes) is 1. The van der Waals surface area contributed by atoms with Crippen molar-refractivity contribution in [3.05, 3.63) is 36.0 Å². The van der Waals surface area contributed by atoms with E-state index in [1.54, 1.807) is 0 Å². The van der Waals surface area contributed by atoms with E-state index in [0.29, 0.717) is 12.0 Å². The lowest BCUT2D eigenvalue weighted by Crippen LogP contribution is -1.95. The van der Waals surface area contributed by atoms with Crippen LogP contribution in [0.5, 0.6) is 0 Å². The van der Waals surface area contributed by atoms with E-state index in [4.69, 9.17) is 5.26 Å². The maximum absolute atomic E-state index is 10.7. The third kappa shape index (κ3) is 1.96. The predicted octanol–water partition coefficient (Wildman–Crippen LogP) is 2.76. The second-order valence-corrected chi connectivity index (χ2v) is 3.71. The van der Waals surface area contributed by atoms with E-state index in [9.17, 15) is 4.79 Å². The van der Waals surface area contributed by atoms with Crippen LogP contribution in [0.2, 0.25) is 0 Å². The van der Waals surface area contributed by atoms with Gasteiger partial charge in [0.2, 0.25) is 0 Å². The lowest BCUT2D eigenvalue weighted by atomic mass is 10.2. The van der Waals surface area contributed by atoms with E-state index in [1.165, 1.54) is 0 Å². The highest BCUT2D eigenvalue weighted by atomic mass is 16.1. The van der Waals surface area contributed by atoms with Crippen molar-refractivity contribution in [2.75, 3.05) is 0 Å². The van der Waals surface area contributed by atoms with Gasteiger partial charge in [-0.1, -0.05) is 12.1 Å². The summed E-state index contributed by atoms with van der Waals surface area (Å²) in [6, 6.07) is 9.80. The first-order valence-electron chi connectivity index (χ1n) is 5.26. The third-order valence-corrected chi connectivity index (χ3v) is 2.62. The highest BCUT2D eigenvalue weighted by molar-refractivity contribution is 5.87. The second-order valence-electron chi connectivity index (χ2n) is 3.71. The van der Waals surface area contributed by atoms with Gasteiger partial charge in [-0.3, -0.25) is 4.79 Å². The minimum atomic E-state index is 0.563. The normalized spacial score (nSPS) is 10.2. The number of aromatic nitrogens is 1. The summed E-state index contributed by atoms with van der Waals surface area (Å²) in [5.41, 5.74) is 1.75. The van der Waals surface area contributed by atoms with Crippen LogP contribution >= 0.6 is 0 Å². The van der Waals surface area contributed by atoms with Crippen LogP contribution in [0, 0.1) is 11.3 Å². The van der Waals surface area contributed by atoms with Crippen LogP contribution in [0.1, 0.15) is 23.2 Å². The topological polar surface area (TPSA) is 45.8 Å². The highest BCUT2D eigenvalue weighted by Crippen LogP contribution is 2.17. The van der Waals surface area contributed by atoms with Crippen LogP contribution in [-0.4, -0.2) is 10.9 Å². The summed E-state index contributed by atoms with van der Waals surface area (Å²) in [4.78, 5) is 10.7. The van der Waals surface area contributed by atoms with Gasteiger partial charge in [0.15, 0.2) is 0 Å². The Hall–Kier alpha value is -2.08. The molecule has 0 unspecified atom stereocenters. The Morgan fingerprint density at radius 3 is 3.00 bits per heavy atom. The molecule has 0 aliphatic heterocycles.